The van der Waals surface area contributed by atoms with Gasteiger partial charge in [-0.3, -0.25) is 4.79 Å². The molecule has 0 radical (unpaired) electrons. The van der Waals surface area contributed by atoms with Crippen LogP contribution in [0.2, 0.25) is 0 Å². The summed E-state index contributed by atoms with van der Waals surface area (Å²) in [5.74, 6) is 0.128. The summed E-state index contributed by atoms with van der Waals surface area (Å²) in [6, 6.07) is 0.399. The third-order valence-electron chi connectivity index (χ3n) is 3.44. The Morgan fingerprint density at radius 1 is 1.56 bits per heavy atom. The fraction of sp³-hybridized carbons (Fsp3) is 0.923. The number of hydrogen-bond donors (Lipinski definition) is 2. The number of rotatable bonds is 5. The highest BCUT2D eigenvalue weighted by molar-refractivity contribution is 5.76. The Morgan fingerprint density at radius 2 is 2.25 bits per heavy atom. The van der Waals surface area contributed by atoms with E-state index in [1.54, 1.807) is 0 Å². The molecule has 16 heavy (non-hydrogen) atoms. The number of nitrogens with two attached hydrogens (primary N) is 1. The zero-order valence-corrected chi connectivity index (χ0v) is 10.9. The molecule has 0 spiro atoms. The van der Waals surface area contributed by atoms with Crippen molar-refractivity contribution in [1.82, 2.24) is 5.32 Å². The summed E-state index contributed by atoms with van der Waals surface area (Å²) in [5.41, 5.74) is 6.24. The number of amides is 1. The van der Waals surface area contributed by atoms with E-state index in [0.29, 0.717) is 17.9 Å². The monoisotopic (exact) mass is 226 g/mol. The van der Waals surface area contributed by atoms with Gasteiger partial charge in [-0.05, 0) is 31.1 Å². The largest absolute Gasteiger partial charge is 0.353 e. The van der Waals surface area contributed by atoms with Crippen LogP contribution in [-0.2, 0) is 4.79 Å². The Labute approximate surface area is 99.2 Å². The van der Waals surface area contributed by atoms with Gasteiger partial charge in [0.25, 0.3) is 0 Å². The quantitative estimate of drug-likeness (QED) is 0.755. The molecule has 0 saturated heterocycles. The molecule has 1 saturated carbocycles. The highest BCUT2D eigenvalue weighted by atomic mass is 16.1. The van der Waals surface area contributed by atoms with Crippen LogP contribution in [0.15, 0.2) is 0 Å². The predicted octanol–water partition coefficient (Wildman–Crippen LogP) is 2.20. The lowest BCUT2D eigenvalue weighted by Crippen LogP contribution is -2.37. The Kier molecular flexibility index (Phi) is 4.78. The van der Waals surface area contributed by atoms with Crippen LogP contribution >= 0.6 is 0 Å². The van der Waals surface area contributed by atoms with Crippen molar-refractivity contribution in [2.24, 2.45) is 11.1 Å². The Hall–Kier alpha value is -0.570. The second kappa shape index (κ2) is 5.67. The first-order chi connectivity index (χ1) is 7.43. The van der Waals surface area contributed by atoms with E-state index in [4.69, 9.17) is 5.73 Å². The highest BCUT2D eigenvalue weighted by Crippen LogP contribution is 2.36. The molecule has 0 bridgehead atoms. The zero-order valence-electron chi connectivity index (χ0n) is 10.9. The van der Waals surface area contributed by atoms with Gasteiger partial charge in [-0.25, -0.2) is 0 Å². The smallest absolute Gasteiger partial charge is 0.221 e. The third-order valence-corrected chi connectivity index (χ3v) is 3.44. The van der Waals surface area contributed by atoms with E-state index in [1.807, 2.05) is 0 Å². The second-order valence-electron chi connectivity index (χ2n) is 5.92. The lowest BCUT2D eigenvalue weighted by Gasteiger charge is -2.18. The number of nitrogens with one attached hydrogen (secondary N) is 1. The van der Waals surface area contributed by atoms with Gasteiger partial charge in [0.2, 0.25) is 5.91 Å². The van der Waals surface area contributed by atoms with Crippen LogP contribution in [0.4, 0.5) is 0 Å². The molecule has 2 atom stereocenters. The highest BCUT2D eigenvalue weighted by Gasteiger charge is 2.31. The minimum absolute atomic E-state index is 0.0272. The lowest BCUT2D eigenvalue weighted by molar-refractivity contribution is -0.122. The van der Waals surface area contributed by atoms with Crippen molar-refractivity contribution in [2.45, 2.75) is 71.4 Å². The summed E-state index contributed by atoms with van der Waals surface area (Å²) in [6.45, 7) is 6.63. The van der Waals surface area contributed by atoms with E-state index >= 15 is 0 Å². The lowest BCUT2D eigenvalue weighted by atomic mass is 9.92. The summed E-state index contributed by atoms with van der Waals surface area (Å²) in [4.78, 5) is 11.7. The van der Waals surface area contributed by atoms with Gasteiger partial charge in [-0.15, -0.1) is 0 Å². The van der Waals surface area contributed by atoms with Gasteiger partial charge in [0, 0.05) is 18.5 Å². The SMILES string of the molecule is CCCC(N)CC(=O)NC1CCC(C)(C)C1. The molecule has 2 unspecified atom stereocenters. The van der Waals surface area contributed by atoms with Crippen LogP contribution in [0.1, 0.15) is 59.3 Å². The average Bonchev–Trinajstić information content (AvgIpc) is 2.45. The molecular weight excluding hydrogens is 200 g/mol. The van der Waals surface area contributed by atoms with Crippen molar-refractivity contribution < 1.29 is 4.79 Å². The van der Waals surface area contributed by atoms with Crippen LogP contribution < -0.4 is 11.1 Å². The maximum Gasteiger partial charge on any atom is 0.221 e. The van der Waals surface area contributed by atoms with Crippen LogP contribution in [-0.4, -0.2) is 18.0 Å². The number of hydrogen-bond acceptors (Lipinski definition) is 2. The third kappa shape index (κ3) is 4.52. The Bertz CT molecular complexity index is 238. The first-order valence-electron chi connectivity index (χ1n) is 6.48. The van der Waals surface area contributed by atoms with Crippen molar-refractivity contribution >= 4 is 5.91 Å². The van der Waals surface area contributed by atoms with E-state index in [-0.39, 0.29) is 11.9 Å². The van der Waals surface area contributed by atoms with Crippen molar-refractivity contribution in [3.63, 3.8) is 0 Å². The van der Waals surface area contributed by atoms with E-state index in [2.05, 4.69) is 26.1 Å². The molecule has 0 aliphatic heterocycles. The molecule has 0 aromatic carbocycles. The topological polar surface area (TPSA) is 55.1 Å². The maximum absolute atomic E-state index is 11.7. The number of carbonyl (C=O) groups excluding carboxylic acids is 1. The average molecular weight is 226 g/mol. The molecule has 1 aliphatic carbocycles. The van der Waals surface area contributed by atoms with Crippen molar-refractivity contribution in [3.05, 3.63) is 0 Å². The molecule has 0 heterocycles. The van der Waals surface area contributed by atoms with Gasteiger partial charge in [-0.2, -0.15) is 0 Å². The molecule has 3 nitrogen and oxygen atoms in total. The first kappa shape index (κ1) is 13.5. The van der Waals surface area contributed by atoms with Gasteiger partial charge in [-0.1, -0.05) is 27.2 Å². The normalized spacial score (nSPS) is 25.4. The Morgan fingerprint density at radius 3 is 2.75 bits per heavy atom. The minimum Gasteiger partial charge on any atom is -0.353 e. The summed E-state index contributed by atoms with van der Waals surface area (Å²) in [7, 11) is 0. The van der Waals surface area contributed by atoms with Gasteiger partial charge < -0.3 is 11.1 Å². The van der Waals surface area contributed by atoms with Crippen molar-refractivity contribution in [1.29, 1.82) is 0 Å². The summed E-state index contributed by atoms with van der Waals surface area (Å²) in [5, 5.41) is 3.10. The molecule has 0 aromatic heterocycles. The number of carbonyl (C=O) groups is 1. The molecule has 0 aromatic rings. The maximum atomic E-state index is 11.7. The van der Waals surface area contributed by atoms with Gasteiger partial charge >= 0.3 is 0 Å². The van der Waals surface area contributed by atoms with Gasteiger partial charge in [0.05, 0.1) is 0 Å². The van der Waals surface area contributed by atoms with E-state index in [0.717, 1.165) is 25.7 Å². The van der Waals surface area contributed by atoms with Gasteiger partial charge in [0.1, 0.15) is 0 Å². The first-order valence-corrected chi connectivity index (χ1v) is 6.48. The zero-order chi connectivity index (χ0) is 12.2. The minimum atomic E-state index is 0.0272. The molecule has 3 N–H and O–H groups in total. The summed E-state index contributed by atoms with van der Waals surface area (Å²) >= 11 is 0. The molecule has 1 amide bonds. The van der Waals surface area contributed by atoms with Crippen molar-refractivity contribution in [3.8, 4) is 0 Å². The fourth-order valence-electron chi connectivity index (χ4n) is 2.56. The van der Waals surface area contributed by atoms with Crippen LogP contribution in [0.3, 0.4) is 0 Å². The molecular formula is C13H26N2O. The van der Waals surface area contributed by atoms with E-state index in [1.165, 1.54) is 6.42 Å². The van der Waals surface area contributed by atoms with Gasteiger partial charge in [0.15, 0.2) is 0 Å². The molecule has 1 rings (SSSR count). The van der Waals surface area contributed by atoms with Crippen LogP contribution in [0.25, 0.3) is 0 Å². The van der Waals surface area contributed by atoms with Crippen LogP contribution in [0, 0.1) is 5.41 Å². The van der Waals surface area contributed by atoms with Crippen molar-refractivity contribution in [2.75, 3.05) is 0 Å². The Balaban J connectivity index is 2.25. The van der Waals surface area contributed by atoms with Crippen LogP contribution in [0.5, 0.6) is 0 Å². The summed E-state index contributed by atoms with van der Waals surface area (Å²) in [6.07, 6.45) is 5.88. The molecule has 94 valence electrons. The second-order valence-corrected chi connectivity index (χ2v) is 5.92. The molecule has 3 heteroatoms. The molecule has 1 fully saturated rings. The predicted molar refractivity (Wildman–Crippen MR) is 67.1 cm³/mol. The standard InChI is InChI=1S/C13H26N2O/c1-4-5-10(14)8-12(16)15-11-6-7-13(2,3)9-11/h10-11H,4-9,14H2,1-3H3,(H,15,16). The molecule has 1 aliphatic rings. The van der Waals surface area contributed by atoms with E-state index in [9.17, 15) is 4.79 Å². The fourth-order valence-corrected chi connectivity index (χ4v) is 2.56. The summed E-state index contributed by atoms with van der Waals surface area (Å²) < 4.78 is 0. The van der Waals surface area contributed by atoms with E-state index < -0.39 is 0 Å².